The maximum Gasteiger partial charge on any atom is 0.266 e. The Morgan fingerprint density at radius 2 is 1.88 bits per heavy atom. The highest BCUT2D eigenvalue weighted by molar-refractivity contribution is 6.11. The summed E-state index contributed by atoms with van der Waals surface area (Å²) >= 11 is 0. The van der Waals surface area contributed by atoms with Gasteiger partial charge in [-0.05, 0) is 56.1 Å². The van der Waals surface area contributed by atoms with Crippen LogP contribution >= 0.6 is 0 Å². The van der Waals surface area contributed by atoms with Crippen LogP contribution in [-0.4, -0.2) is 48.1 Å². The average Bonchev–Trinajstić information content (AvgIpc) is 3.04. The summed E-state index contributed by atoms with van der Waals surface area (Å²) < 4.78 is 2.24. The van der Waals surface area contributed by atoms with Crippen molar-refractivity contribution in [2.24, 2.45) is 5.92 Å². The van der Waals surface area contributed by atoms with Crippen molar-refractivity contribution in [2.45, 2.75) is 41.2 Å². The molecule has 2 aromatic rings. The molecule has 0 aliphatic carbocycles. The zero-order chi connectivity index (χ0) is 23.3. The number of anilines is 2. The molecule has 1 amide bonds. The van der Waals surface area contributed by atoms with Crippen molar-refractivity contribution in [3.05, 3.63) is 52.9 Å². The Kier molecular flexibility index (Phi) is 7.76. The third-order valence-corrected chi connectivity index (χ3v) is 6.14. The monoisotopic (exact) mass is 433 g/mol. The Bertz CT molecular complexity index is 1020. The van der Waals surface area contributed by atoms with Crippen LogP contribution in [0.15, 0.2) is 35.9 Å². The van der Waals surface area contributed by atoms with Crippen LogP contribution in [0.5, 0.6) is 0 Å². The average molecular weight is 434 g/mol. The molecule has 32 heavy (non-hydrogen) atoms. The van der Waals surface area contributed by atoms with E-state index in [4.69, 9.17) is 0 Å². The lowest BCUT2D eigenvalue weighted by molar-refractivity contribution is -0.112. The Morgan fingerprint density at radius 3 is 2.50 bits per heavy atom. The summed E-state index contributed by atoms with van der Waals surface area (Å²) in [5, 5.41) is 12.7. The summed E-state index contributed by atoms with van der Waals surface area (Å²) in [5.41, 5.74) is 4.99. The van der Waals surface area contributed by atoms with E-state index < -0.39 is 0 Å². The third kappa shape index (κ3) is 5.41. The van der Waals surface area contributed by atoms with Crippen LogP contribution in [0.3, 0.4) is 0 Å². The van der Waals surface area contributed by atoms with Gasteiger partial charge in [-0.25, -0.2) is 0 Å². The van der Waals surface area contributed by atoms with Crippen LogP contribution in [0.2, 0.25) is 0 Å². The molecule has 0 saturated carbocycles. The normalized spacial score (nSPS) is 15.2. The number of nitriles is 1. The van der Waals surface area contributed by atoms with E-state index in [0.29, 0.717) is 5.92 Å². The number of piperazine rings is 1. The van der Waals surface area contributed by atoms with Gasteiger partial charge in [-0.2, -0.15) is 5.26 Å². The Balaban J connectivity index is 1.81. The number of likely N-dealkylation sites (N-methyl/N-ethyl adjacent to an activating group) is 1. The second-order valence-electron chi connectivity index (χ2n) is 8.89. The van der Waals surface area contributed by atoms with Gasteiger partial charge in [0.2, 0.25) is 0 Å². The van der Waals surface area contributed by atoms with Crippen molar-refractivity contribution in [3.8, 4) is 6.07 Å². The molecular weight excluding hydrogens is 398 g/mol. The number of carbonyl (C=O) groups excluding carboxylic acids is 1. The molecular formula is C26H35N5O. The third-order valence-electron chi connectivity index (χ3n) is 6.14. The molecule has 1 fully saturated rings. The fourth-order valence-corrected chi connectivity index (χ4v) is 4.27. The summed E-state index contributed by atoms with van der Waals surface area (Å²) in [7, 11) is 0. The summed E-state index contributed by atoms with van der Waals surface area (Å²) in [6.45, 7) is 16.5. The number of carbonyl (C=O) groups is 1. The number of nitrogens with one attached hydrogen (secondary N) is 1. The first-order valence-corrected chi connectivity index (χ1v) is 11.5. The minimum atomic E-state index is -0.374. The molecule has 6 nitrogen and oxygen atoms in total. The topological polar surface area (TPSA) is 64.3 Å². The molecule has 1 aliphatic rings. The number of aromatic nitrogens is 1. The molecule has 1 aromatic heterocycles. The van der Waals surface area contributed by atoms with E-state index in [1.54, 1.807) is 6.08 Å². The number of aryl methyl sites for hydroxylation is 1. The first kappa shape index (κ1) is 23.6. The maximum absolute atomic E-state index is 13.0. The van der Waals surface area contributed by atoms with Crippen LogP contribution in [0.4, 0.5) is 11.4 Å². The van der Waals surface area contributed by atoms with Gasteiger partial charge in [-0.15, -0.1) is 0 Å². The standard InChI is InChI=1S/C26H35N5O/c1-6-29-11-13-30(14-12-29)25-10-8-7-9-24(25)28-26(32)23(17-27)16-22-15-20(4)31(21(22)5)18-19(2)3/h7-10,15-16,19H,6,11-14,18H2,1-5H3,(H,28,32)/b23-16+. The Labute approximate surface area is 192 Å². The van der Waals surface area contributed by atoms with E-state index in [9.17, 15) is 10.1 Å². The molecule has 0 spiro atoms. The van der Waals surface area contributed by atoms with Crippen LogP contribution in [0, 0.1) is 31.1 Å². The number of nitrogens with zero attached hydrogens (tertiary/aromatic N) is 4. The summed E-state index contributed by atoms with van der Waals surface area (Å²) in [4.78, 5) is 17.8. The molecule has 1 aliphatic heterocycles. The molecule has 1 aromatic carbocycles. The summed E-state index contributed by atoms with van der Waals surface area (Å²) in [6, 6.07) is 12.0. The molecule has 0 bridgehead atoms. The molecule has 0 atom stereocenters. The number of rotatable bonds is 7. The highest BCUT2D eigenvalue weighted by Gasteiger charge is 2.20. The second-order valence-corrected chi connectivity index (χ2v) is 8.89. The molecule has 3 rings (SSSR count). The first-order valence-electron chi connectivity index (χ1n) is 11.5. The van der Waals surface area contributed by atoms with Gasteiger partial charge in [-0.3, -0.25) is 4.79 Å². The number of benzene rings is 1. The van der Waals surface area contributed by atoms with E-state index >= 15 is 0 Å². The number of hydrogen-bond donors (Lipinski definition) is 1. The minimum absolute atomic E-state index is 0.111. The Hall–Kier alpha value is -3.04. The molecule has 6 heteroatoms. The van der Waals surface area contributed by atoms with Gasteiger partial charge in [-0.1, -0.05) is 32.9 Å². The van der Waals surface area contributed by atoms with E-state index in [-0.39, 0.29) is 11.5 Å². The lowest BCUT2D eigenvalue weighted by Gasteiger charge is -2.36. The van der Waals surface area contributed by atoms with Crippen molar-refractivity contribution < 1.29 is 4.79 Å². The number of para-hydroxylation sites is 2. The second kappa shape index (κ2) is 10.5. The lowest BCUT2D eigenvalue weighted by Crippen LogP contribution is -2.46. The fraction of sp³-hybridized carbons (Fsp3) is 0.462. The summed E-state index contributed by atoms with van der Waals surface area (Å²) in [5.74, 6) is 0.145. The van der Waals surface area contributed by atoms with Crippen LogP contribution in [0.1, 0.15) is 37.7 Å². The van der Waals surface area contributed by atoms with Gasteiger partial charge >= 0.3 is 0 Å². The van der Waals surface area contributed by atoms with Crippen LogP contribution in [-0.2, 0) is 11.3 Å². The SMILES string of the molecule is CCN1CCN(c2ccccc2NC(=O)/C(C#N)=C/c2cc(C)n(CC(C)C)c2C)CC1. The van der Waals surface area contributed by atoms with Crippen molar-refractivity contribution in [1.29, 1.82) is 5.26 Å². The minimum Gasteiger partial charge on any atom is -0.367 e. The van der Waals surface area contributed by atoms with Gasteiger partial charge in [0, 0.05) is 44.1 Å². The molecule has 0 radical (unpaired) electrons. The van der Waals surface area contributed by atoms with Gasteiger partial charge in [0.25, 0.3) is 5.91 Å². The van der Waals surface area contributed by atoms with E-state index in [1.807, 2.05) is 37.3 Å². The quantitative estimate of drug-likeness (QED) is 0.518. The van der Waals surface area contributed by atoms with Gasteiger partial charge in [0.1, 0.15) is 11.6 Å². The molecule has 1 N–H and O–H groups in total. The number of hydrogen-bond acceptors (Lipinski definition) is 4. The summed E-state index contributed by atoms with van der Waals surface area (Å²) in [6.07, 6.45) is 1.71. The van der Waals surface area contributed by atoms with Crippen molar-refractivity contribution >= 4 is 23.4 Å². The fourth-order valence-electron chi connectivity index (χ4n) is 4.27. The predicted octanol–water partition coefficient (Wildman–Crippen LogP) is 4.45. The maximum atomic E-state index is 13.0. The predicted molar refractivity (Wildman–Crippen MR) is 132 cm³/mol. The van der Waals surface area contributed by atoms with E-state index in [1.165, 1.54) is 0 Å². The molecule has 170 valence electrons. The van der Waals surface area contributed by atoms with Crippen molar-refractivity contribution in [1.82, 2.24) is 9.47 Å². The largest absolute Gasteiger partial charge is 0.367 e. The van der Waals surface area contributed by atoms with Gasteiger partial charge < -0.3 is 19.7 Å². The molecule has 1 saturated heterocycles. The zero-order valence-corrected chi connectivity index (χ0v) is 20.0. The highest BCUT2D eigenvalue weighted by atomic mass is 16.1. The van der Waals surface area contributed by atoms with E-state index in [2.05, 4.69) is 53.4 Å². The Morgan fingerprint density at radius 1 is 1.19 bits per heavy atom. The highest BCUT2D eigenvalue weighted by Crippen LogP contribution is 2.27. The molecule has 0 unspecified atom stereocenters. The van der Waals surface area contributed by atoms with E-state index in [0.717, 1.165) is 67.6 Å². The van der Waals surface area contributed by atoms with Crippen LogP contribution in [0.25, 0.3) is 6.08 Å². The zero-order valence-electron chi connectivity index (χ0n) is 20.0. The van der Waals surface area contributed by atoms with Crippen molar-refractivity contribution in [2.75, 3.05) is 42.9 Å². The van der Waals surface area contributed by atoms with Crippen LogP contribution < -0.4 is 10.2 Å². The van der Waals surface area contributed by atoms with Gasteiger partial charge in [0.15, 0.2) is 0 Å². The van der Waals surface area contributed by atoms with Crippen molar-refractivity contribution in [3.63, 3.8) is 0 Å². The first-order chi connectivity index (χ1) is 15.3. The van der Waals surface area contributed by atoms with Gasteiger partial charge in [0.05, 0.1) is 11.4 Å². The number of amides is 1. The smallest absolute Gasteiger partial charge is 0.266 e. The lowest BCUT2D eigenvalue weighted by atomic mass is 10.1. The molecule has 2 heterocycles.